The van der Waals surface area contributed by atoms with E-state index in [1.54, 1.807) is 0 Å². The topological polar surface area (TPSA) is 110 Å². The van der Waals surface area contributed by atoms with Gasteiger partial charge in [-0.1, -0.05) is 6.58 Å². The Bertz CT molecular complexity index is 408. The maximum atomic E-state index is 11.4. The summed E-state index contributed by atoms with van der Waals surface area (Å²) >= 11 is 0. The SMILES string of the molecule is C=C(CCC(=O)O)OCC1CCC(COC(=O)CCC(=O)O)CC1. The molecule has 1 saturated carbocycles. The summed E-state index contributed by atoms with van der Waals surface area (Å²) in [4.78, 5) is 32.2. The van der Waals surface area contributed by atoms with Gasteiger partial charge in [0.05, 0.1) is 38.2 Å². The third-order valence-electron chi connectivity index (χ3n) is 4.13. The van der Waals surface area contributed by atoms with Crippen molar-refractivity contribution in [3.8, 4) is 0 Å². The normalized spacial score (nSPS) is 20.2. The molecule has 1 fully saturated rings. The maximum absolute atomic E-state index is 11.4. The van der Waals surface area contributed by atoms with Gasteiger partial charge in [0.1, 0.15) is 0 Å². The second-order valence-electron chi connectivity index (χ2n) is 6.21. The van der Waals surface area contributed by atoms with Gasteiger partial charge in [0.15, 0.2) is 0 Å². The highest BCUT2D eigenvalue weighted by molar-refractivity contribution is 5.76. The molecule has 0 aromatic rings. The first-order chi connectivity index (χ1) is 11.4. The molecular weight excluding hydrogens is 316 g/mol. The van der Waals surface area contributed by atoms with Crippen LogP contribution in [0.2, 0.25) is 0 Å². The summed E-state index contributed by atoms with van der Waals surface area (Å²) in [5.74, 6) is -1.10. The van der Waals surface area contributed by atoms with E-state index in [-0.39, 0.29) is 19.3 Å². The number of carbonyl (C=O) groups excluding carboxylic acids is 1. The van der Waals surface area contributed by atoms with Crippen molar-refractivity contribution >= 4 is 17.9 Å². The van der Waals surface area contributed by atoms with Crippen LogP contribution >= 0.6 is 0 Å². The van der Waals surface area contributed by atoms with Crippen molar-refractivity contribution in [2.24, 2.45) is 11.8 Å². The van der Waals surface area contributed by atoms with E-state index in [0.29, 0.717) is 37.2 Å². The lowest BCUT2D eigenvalue weighted by Crippen LogP contribution is -2.23. The van der Waals surface area contributed by atoms with Gasteiger partial charge in [-0.25, -0.2) is 0 Å². The van der Waals surface area contributed by atoms with Gasteiger partial charge in [-0.3, -0.25) is 14.4 Å². The number of esters is 1. The fraction of sp³-hybridized carbons (Fsp3) is 0.706. The number of aliphatic carboxylic acids is 2. The fourth-order valence-corrected chi connectivity index (χ4v) is 2.61. The third kappa shape index (κ3) is 9.17. The first-order valence-electron chi connectivity index (χ1n) is 8.26. The zero-order chi connectivity index (χ0) is 17.9. The molecule has 0 atom stereocenters. The van der Waals surface area contributed by atoms with Crippen molar-refractivity contribution in [3.63, 3.8) is 0 Å². The van der Waals surface area contributed by atoms with Crippen LogP contribution in [0.15, 0.2) is 12.3 Å². The Morgan fingerprint density at radius 1 is 0.792 bits per heavy atom. The Morgan fingerprint density at radius 3 is 1.75 bits per heavy atom. The summed E-state index contributed by atoms with van der Waals surface area (Å²) in [6.45, 7) is 4.61. The van der Waals surface area contributed by atoms with E-state index in [4.69, 9.17) is 19.7 Å². The minimum atomic E-state index is -1.00. The number of hydrogen-bond acceptors (Lipinski definition) is 5. The standard InChI is InChI=1S/C17H26O7/c1-12(2-7-15(18)19)23-10-13-3-5-14(6-4-13)11-24-17(22)9-8-16(20)21/h13-14H,1-11H2,(H,18,19)(H,20,21). The summed E-state index contributed by atoms with van der Waals surface area (Å²) in [7, 11) is 0. The quantitative estimate of drug-likeness (QED) is 0.438. The van der Waals surface area contributed by atoms with E-state index < -0.39 is 17.9 Å². The van der Waals surface area contributed by atoms with Gasteiger partial charge < -0.3 is 19.7 Å². The van der Waals surface area contributed by atoms with Crippen LogP contribution in [0, 0.1) is 11.8 Å². The van der Waals surface area contributed by atoms with Gasteiger partial charge in [-0.05, 0) is 37.5 Å². The summed E-state index contributed by atoms with van der Waals surface area (Å²) in [6, 6.07) is 0. The van der Waals surface area contributed by atoms with Crippen molar-refractivity contribution in [2.45, 2.75) is 51.4 Å². The van der Waals surface area contributed by atoms with E-state index in [1.807, 2.05) is 0 Å². The Labute approximate surface area is 141 Å². The molecule has 7 nitrogen and oxygen atoms in total. The highest BCUT2D eigenvalue weighted by atomic mass is 16.5. The third-order valence-corrected chi connectivity index (χ3v) is 4.13. The average molecular weight is 342 g/mol. The van der Waals surface area contributed by atoms with Crippen LogP contribution in [0.5, 0.6) is 0 Å². The molecule has 0 heterocycles. The fourth-order valence-electron chi connectivity index (χ4n) is 2.61. The van der Waals surface area contributed by atoms with Crippen molar-refractivity contribution in [3.05, 3.63) is 12.3 Å². The first-order valence-corrected chi connectivity index (χ1v) is 8.26. The number of rotatable bonds is 11. The Morgan fingerprint density at radius 2 is 1.25 bits per heavy atom. The Balaban J connectivity index is 2.11. The molecule has 2 N–H and O–H groups in total. The molecule has 0 saturated heterocycles. The average Bonchev–Trinajstić information content (AvgIpc) is 2.55. The molecular formula is C17H26O7. The number of hydrogen-bond donors (Lipinski definition) is 2. The zero-order valence-corrected chi connectivity index (χ0v) is 13.9. The summed E-state index contributed by atoms with van der Waals surface area (Å²) in [5.41, 5.74) is 0. The molecule has 1 aliphatic rings. The number of allylic oxidation sites excluding steroid dienone is 1. The lowest BCUT2D eigenvalue weighted by atomic mass is 9.83. The molecule has 0 aromatic heterocycles. The molecule has 0 radical (unpaired) electrons. The van der Waals surface area contributed by atoms with E-state index in [9.17, 15) is 14.4 Å². The zero-order valence-electron chi connectivity index (χ0n) is 13.9. The highest BCUT2D eigenvalue weighted by Crippen LogP contribution is 2.29. The van der Waals surface area contributed by atoms with Crippen molar-refractivity contribution in [1.29, 1.82) is 0 Å². The van der Waals surface area contributed by atoms with Crippen LogP contribution in [-0.4, -0.2) is 41.3 Å². The van der Waals surface area contributed by atoms with Crippen molar-refractivity contribution < 1.29 is 34.1 Å². The van der Waals surface area contributed by atoms with Crippen LogP contribution in [0.25, 0.3) is 0 Å². The maximum Gasteiger partial charge on any atom is 0.306 e. The minimum Gasteiger partial charge on any atom is -0.498 e. The van der Waals surface area contributed by atoms with E-state index in [2.05, 4.69) is 6.58 Å². The summed E-state index contributed by atoms with van der Waals surface area (Å²) < 4.78 is 10.6. The molecule has 0 bridgehead atoms. The first kappa shape index (κ1) is 20.0. The van der Waals surface area contributed by atoms with Crippen LogP contribution in [0.3, 0.4) is 0 Å². The smallest absolute Gasteiger partial charge is 0.306 e. The van der Waals surface area contributed by atoms with E-state index >= 15 is 0 Å². The molecule has 0 aromatic carbocycles. The number of carbonyl (C=O) groups is 3. The lowest BCUT2D eigenvalue weighted by Gasteiger charge is -2.28. The Kier molecular flexibility index (Phi) is 8.89. The molecule has 0 spiro atoms. The van der Waals surface area contributed by atoms with Crippen LogP contribution in [-0.2, 0) is 23.9 Å². The molecule has 1 aliphatic carbocycles. The van der Waals surface area contributed by atoms with Gasteiger partial charge in [0.25, 0.3) is 0 Å². The minimum absolute atomic E-state index is 0.0266. The monoisotopic (exact) mass is 342 g/mol. The van der Waals surface area contributed by atoms with E-state index in [1.165, 1.54) is 0 Å². The number of ether oxygens (including phenoxy) is 2. The number of carboxylic acid groups (broad SMARTS) is 2. The molecule has 1 rings (SSSR count). The van der Waals surface area contributed by atoms with Crippen LogP contribution in [0.1, 0.15) is 51.4 Å². The summed E-state index contributed by atoms with van der Waals surface area (Å²) in [6.07, 6.45) is 3.86. The Hall–Kier alpha value is -2.05. The van der Waals surface area contributed by atoms with Gasteiger partial charge >= 0.3 is 17.9 Å². The van der Waals surface area contributed by atoms with Crippen molar-refractivity contribution in [2.75, 3.05) is 13.2 Å². The van der Waals surface area contributed by atoms with E-state index in [0.717, 1.165) is 25.7 Å². The second-order valence-corrected chi connectivity index (χ2v) is 6.21. The molecule has 0 amide bonds. The molecule has 0 aliphatic heterocycles. The van der Waals surface area contributed by atoms with Crippen LogP contribution in [0.4, 0.5) is 0 Å². The van der Waals surface area contributed by atoms with Gasteiger partial charge in [-0.15, -0.1) is 0 Å². The summed E-state index contributed by atoms with van der Waals surface area (Å²) in [5, 5.41) is 17.1. The molecule has 0 unspecified atom stereocenters. The van der Waals surface area contributed by atoms with Gasteiger partial charge in [0, 0.05) is 6.42 Å². The molecule has 136 valence electrons. The van der Waals surface area contributed by atoms with Crippen molar-refractivity contribution in [1.82, 2.24) is 0 Å². The largest absolute Gasteiger partial charge is 0.498 e. The highest BCUT2D eigenvalue weighted by Gasteiger charge is 2.23. The molecule has 24 heavy (non-hydrogen) atoms. The number of carboxylic acids is 2. The molecule has 7 heteroatoms. The lowest BCUT2D eigenvalue weighted by molar-refractivity contribution is -0.149. The van der Waals surface area contributed by atoms with Gasteiger partial charge in [-0.2, -0.15) is 0 Å². The predicted molar refractivity (Wildman–Crippen MR) is 85.2 cm³/mol. The second kappa shape index (κ2) is 10.7. The van der Waals surface area contributed by atoms with Gasteiger partial charge in [0.2, 0.25) is 0 Å². The predicted octanol–water partition coefficient (Wildman–Crippen LogP) is 2.60. The van der Waals surface area contributed by atoms with Crippen LogP contribution < -0.4 is 0 Å².